The fourth-order valence-corrected chi connectivity index (χ4v) is 2.98. The Morgan fingerprint density at radius 2 is 1.70 bits per heavy atom. The molecule has 3 aromatic rings. The lowest BCUT2D eigenvalue weighted by atomic mass is 10.1. The molecular formula is C22H22N4O4. The predicted molar refractivity (Wildman–Crippen MR) is 115 cm³/mol. The first kappa shape index (κ1) is 20.8. The fourth-order valence-electron chi connectivity index (χ4n) is 2.98. The summed E-state index contributed by atoms with van der Waals surface area (Å²) in [5.74, 6) is -0.354. The molecule has 0 fully saturated rings. The zero-order valence-electron chi connectivity index (χ0n) is 16.9. The lowest BCUT2D eigenvalue weighted by Gasteiger charge is -2.11. The van der Waals surface area contributed by atoms with Crippen molar-refractivity contribution >= 4 is 40.2 Å². The average Bonchev–Trinajstić information content (AvgIpc) is 2.73. The van der Waals surface area contributed by atoms with Gasteiger partial charge in [-0.1, -0.05) is 0 Å². The topological polar surface area (TPSA) is 109 Å². The number of pyridine rings is 1. The number of aryl methyl sites for hydroxylation is 1. The molecule has 0 saturated heterocycles. The van der Waals surface area contributed by atoms with Crippen LogP contribution in [0.1, 0.15) is 33.2 Å². The molecule has 1 heterocycles. The van der Waals surface area contributed by atoms with E-state index in [-0.39, 0.29) is 11.9 Å². The van der Waals surface area contributed by atoms with Crippen LogP contribution >= 0.6 is 0 Å². The molecule has 30 heavy (non-hydrogen) atoms. The number of aromatic nitrogens is 1. The number of benzene rings is 2. The molecule has 0 aliphatic heterocycles. The first-order valence-corrected chi connectivity index (χ1v) is 9.36. The number of esters is 1. The molecule has 3 amide bonds. The SMILES string of the molecule is CCNC(=O)Nc1cc2cc(NC(=O)c3ccc(C(=O)OC)cc3)cc(C)c2cn1. The van der Waals surface area contributed by atoms with E-state index in [0.29, 0.717) is 29.2 Å². The van der Waals surface area contributed by atoms with Gasteiger partial charge in [-0.3, -0.25) is 10.1 Å². The Morgan fingerprint density at radius 3 is 2.37 bits per heavy atom. The Kier molecular flexibility index (Phi) is 6.26. The highest BCUT2D eigenvalue weighted by Gasteiger charge is 2.11. The molecule has 0 aliphatic carbocycles. The van der Waals surface area contributed by atoms with Gasteiger partial charge in [0.15, 0.2) is 0 Å². The number of carbonyl (C=O) groups excluding carboxylic acids is 3. The number of hydrogen-bond acceptors (Lipinski definition) is 5. The number of rotatable bonds is 5. The van der Waals surface area contributed by atoms with E-state index in [0.717, 1.165) is 16.3 Å². The van der Waals surface area contributed by atoms with Gasteiger partial charge in [0, 0.05) is 29.4 Å². The summed E-state index contributed by atoms with van der Waals surface area (Å²) in [4.78, 5) is 40.1. The molecular weight excluding hydrogens is 384 g/mol. The molecule has 0 unspecified atom stereocenters. The van der Waals surface area contributed by atoms with Gasteiger partial charge in [-0.2, -0.15) is 0 Å². The summed E-state index contributed by atoms with van der Waals surface area (Å²) >= 11 is 0. The lowest BCUT2D eigenvalue weighted by molar-refractivity contribution is 0.0600. The fraction of sp³-hybridized carbons (Fsp3) is 0.182. The van der Waals surface area contributed by atoms with Crippen LogP contribution in [-0.4, -0.2) is 36.5 Å². The summed E-state index contributed by atoms with van der Waals surface area (Å²) in [6, 6.07) is 11.3. The van der Waals surface area contributed by atoms with Crippen LogP contribution in [0.3, 0.4) is 0 Å². The number of methoxy groups -OCH3 is 1. The highest BCUT2D eigenvalue weighted by Crippen LogP contribution is 2.25. The number of urea groups is 1. The summed E-state index contributed by atoms with van der Waals surface area (Å²) in [5, 5.41) is 9.92. The van der Waals surface area contributed by atoms with Crippen molar-refractivity contribution in [3.05, 3.63) is 65.4 Å². The van der Waals surface area contributed by atoms with Crippen molar-refractivity contribution in [2.45, 2.75) is 13.8 Å². The van der Waals surface area contributed by atoms with Gasteiger partial charge >= 0.3 is 12.0 Å². The number of carbonyl (C=O) groups is 3. The highest BCUT2D eigenvalue weighted by atomic mass is 16.5. The third-order valence-corrected chi connectivity index (χ3v) is 4.45. The summed E-state index contributed by atoms with van der Waals surface area (Å²) < 4.78 is 4.66. The van der Waals surface area contributed by atoms with Crippen LogP contribution in [0.2, 0.25) is 0 Å². The van der Waals surface area contributed by atoms with E-state index in [2.05, 4.69) is 25.7 Å². The largest absolute Gasteiger partial charge is 0.465 e. The Bertz CT molecular complexity index is 1110. The van der Waals surface area contributed by atoms with Crippen molar-refractivity contribution in [2.75, 3.05) is 24.3 Å². The molecule has 1 aromatic heterocycles. The van der Waals surface area contributed by atoms with Gasteiger partial charge in [0.2, 0.25) is 0 Å². The van der Waals surface area contributed by atoms with Gasteiger partial charge < -0.3 is 15.4 Å². The molecule has 0 spiro atoms. The maximum Gasteiger partial charge on any atom is 0.337 e. The highest BCUT2D eigenvalue weighted by molar-refractivity contribution is 6.06. The minimum Gasteiger partial charge on any atom is -0.465 e. The zero-order chi connectivity index (χ0) is 21.7. The van der Waals surface area contributed by atoms with Gasteiger partial charge in [-0.05, 0) is 67.3 Å². The maximum atomic E-state index is 12.6. The van der Waals surface area contributed by atoms with Crippen LogP contribution in [-0.2, 0) is 4.74 Å². The molecule has 3 rings (SSSR count). The van der Waals surface area contributed by atoms with Crippen LogP contribution in [0, 0.1) is 6.92 Å². The van der Waals surface area contributed by atoms with Crippen LogP contribution in [0.15, 0.2) is 48.7 Å². The molecule has 0 atom stereocenters. The number of nitrogens with zero attached hydrogens (tertiary/aromatic N) is 1. The van der Waals surface area contributed by atoms with Crippen molar-refractivity contribution in [2.24, 2.45) is 0 Å². The smallest absolute Gasteiger partial charge is 0.337 e. The number of amides is 3. The Balaban J connectivity index is 1.82. The van der Waals surface area contributed by atoms with Crippen molar-refractivity contribution < 1.29 is 19.1 Å². The maximum absolute atomic E-state index is 12.6. The molecule has 8 nitrogen and oxygen atoms in total. The lowest BCUT2D eigenvalue weighted by Crippen LogP contribution is -2.28. The molecule has 0 saturated carbocycles. The van der Waals surface area contributed by atoms with Gasteiger partial charge in [0.1, 0.15) is 5.82 Å². The van der Waals surface area contributed by atoms with Crippen LogP contribution in [0.5, 0.6) is 0 Å². The number of fused-ring (bicyclic) bond motifs is 1. The number of hydrogen-bond donors (Lipinski definition) is 3. The Labute approximate surface area is 173 Å². The summed E-state index contributed by atoms with van der Waals surface area (Å²) in [7, 11) is 1.30. The average molecular weight is 406 g/mol. The van der Waals surface area contributed by atoms with Gasteiger partial charge in [0.25, 0.3) is 5.91 Å². The first-order valence-electron chi connectivity index (χ1n) is 9.36. The molecule has 0 bridgehead atoms. The molecule has 0 aliphatic rings. The Hall–Kier alpha value is -3.94. The molecule has 0 radical (unpaired) electrons. The van der Waals surface area contributed by atoms with E-state index in [1.807, 2.05) is 26.0 Å². The van der Waals surface area contributed by atoms with Gasteiger partial charge in [-0.15, -0.1) is 0 Å². The number of nitrogens with one attached hydrogen (secondary N) is 3. The molecule has 8 heteroatoms. The second-order valence-electron chi connectivity index (χ2n) is 6.59. The third kappa shape index (κ3) is 4.72. The minimum absolute atomic E-state index is 0.306. The van der Waals surface area contributed by atoms with E-state index in [9.17, 15) is 14.4 Å². The van der Waals surface area contributed by atoms with E-state index in [1.54, 1.807) is 24.4 Å². The third-order valence-electron chi connectivity index (χ3n) is 4.45. The minimum atomic E-state index is -0.460. The van der Waals surface area contributed by atoms with Crippen LogP contribution < -0.4 is 16.0 Å². The van der Waals surface area contributed by atoms with Crippen molar-refractivity contribution in [3.63, 3.8) is 0 Å². The normalized spacial score (nSPS) is 10.4. The van der Waals surface area contributed by atoms with E-state index < -0.39 is 5.97 Å². The van der Waals surface area contributed by atoms with Crippen molar-refractivity contribution in [1.82, 2.24) is 10.3 Å². The van der Waals surface area contributed by atoms with Gasteiger partial charge in [0.05, 0.1) is 12.7 Å². The van der Waals surface area contributed by atoms with E-state index in [4.69, 9.17) is 0 Å². The summed E-state index contributed by atoms with van der Waals surface area (Å²) in [6.07, 6.45) is 1.68. The quantitative estimate of drug-likeness (QED) is 0.560. The van der Waals surface area contributed by atoms with Crippen molar-refractivity contribution in [3.8, 4) is 0 Å². The zero-order valence-corrected chi connectivity index (χ0v) is 16.9. The predicted octanol–water partition coefficient (Wildman–Crippen LogP) is 3.72. The van der Waals surface area contributed by atoms with Gasteiger partial charge in [-0.25, -0.2) is 14.6 Å². The summed E-state index contributed by atoms with van der Waals surface area (Å²) in [5.41, 5.74) is 2.32. The van der Waals surface area contributed by atoms with Crippen molar-refractivity contribution in [1.29, 1.82) is 0 Å². The monoisotopic (exact) mass is 406 g/mol. The number of anilines is 2. The van der Waals surface area contributed by atoms with E-state index in [1.165, 1.54) is 19.2 Å². The first-order chi connectivity index (χ1) is 14.4. The molecule has 2 aromatic carbocycles. The van der Waals surface area contributed by atoms with E-state index >= 15 is 0 Å². The molecule has 154 valence electrons. The van der Waals surface area contributed by atoms with Crippen LogP contribution in [0.4, 0.5) is 16.3 Å². The number of ether oxygens (including phenoxy) is 1. The second kappa shape index (κ2) is 9.04. The second-order valence-corrected chi connectivity index (χ2v) is 6.59. The molecule has 3 N–H and O–H groups in total. The van der Waals surface area contributed by atoms with Crippen LogP contribution in [0.25, 0.3) is 10.8 Å². The Morgan fingerprint density at radius 1 is 1.00 bits per heavy atom. The standard InChI is InChI=1S/C22H22N4O4/c1-4-23-22(29)26-19-11-16-10-17(9-13(2)18(16)12-24-19)25-20(27)14-5-7-15(8-6-14)21(28)30-3/h5-12H,4H2,1-3H3,(H,25,27)(H2,23,24,26,29). The summed E-state index contributed by atoms with van der Waals surface area (Å²) in [6.45, 7) is 4.26.